The summed E-state index contributed by atoms with van der Waals surface area (Å²) in [6.45, 7) is 0.491. The van der Waals surface area contributed by atoms with Crippen LogP contribution in [0.15, 0.2) is 57.9 Å². The van der Waals surface area contributed by atoms with Crippen molar-refractivity contribution in [3.05, 3.63) is 53.0 Å². The van der Waals surface area contributed by atoms with Crippen LogP contribution in [0.5, 0.6) is 5.88 Å². The van der Waals surface area contributed by atoms with Gasteiger partial charge in [-0.1, -0.05) is 53.7 Å². The summed E-state index contributed by atoms with van der Waals surface area (Å²) in [5, 5.41) is 0. The Morgan fingerprint density at radius 2 is 1.66 bits per heavy atom. The van der Waals surface area contributed by atoms with E-state index in [9.17, 15) is 8.42 Å². The van der Waals surface area contributed by atoms with E-state index in [2.05, 4.69) is 30.6 Å². The van der Waals surface area contributed by atoms with Gasteiger partial charge in [-0.15, -0.1) is 0 Å². The molecule has 8 heteroatoms. The number of anilines is 1. The first-order valence-electron chi connectivity index (χ1n) is 9.69. The number of rotatable bonds is 7. The van der Waals surface area contributed by atoms with Gasteiger partial charge in [0.15, 0.2) is 0 Å². The Balaban J connectivity index is 1.61. The van der Waals surface area contributed by atoms with Gasteiger partial charge in [0.2, 0.25) is 5.82 Å². The van der Waals surface area contributed by atoms with Crippen molar-refractivity contribution in [2.45, 2.75) is 37.0 Å². The fourth-order valence-electron chi connectivity index (χ4n) is 3.57. The van der Waals surface area contributed by atoms with Crippen LogP contribution in [-0.2, 0) is 10.0 Å². The zero-order chi connectivity index (χ0) is 20.3. The fraction of sp³-hybridized carbons (Fsp3) is 0.333. The molecule has 29 heavy (non-hydrogen) atoms. The minimum Gasteiger partial charge on any atom is -0.475 e. The van der Waals surface area contributed by atoms with Gasteiger partial charge in [0.05, 0.1) is 22.5 Å². The zero-order valence-electron chi connectivity index (χ0n) is 15.8. The monoisotopic (exact) mass is 475 g/mol. The van der Waals surface area contributed by atoms with Crippen molar-refractivity contribution in [1.29, 1.82) is 0 Å². The van der Waals surface area contributed by atoms with Gasteiger partial charge in [-0.05, 0) is 48.7 Å². The van der Waals surface area contributed by atoms with Crippen LogP contribution in [0.4, 0.5) is 5.82 Å². The Morgan fingerprint density at radius 3 is 2.34 bits per heavy atom. The lowest BCUT2D eigenvalue weighted by molar-refractivity contribution is 0.271. The molecule has 1 aromatic heterocycles. The number of ether oxygens (including phenoxy) is 1. The summed E-state index contributed by atoms with van der Waals surface area (Å²) in [7, 11) is -3.82. The van der Waals surface area contributed by atoms with Crippen molar-refractivity contribution in [2.24, 2.45) is 5.92 Å². The number of hydrogen-bond donors (Lipinski definition) is 1. The first-order valence-corrected chi connectivity index (χ1v) is 12.0. The minimum atomic E-state index is -3.82. The topological polar surface area (TPSA) is 81.2 Å². The number of nitrogens with zero attached hydrogens (tertiary/aromatic N) is 2. The van der Waals surface area contributed by atoms with Crippen LogP contribution in [0.3, 0.4) is 0 Å². The average molecular weight is 476 g/mol. The van der Waals surface area contributed by atoms with E-state index >= 15 is 0 Å². The van der Waals surface area contributed by atoms with E-state index in [0.29, 0.717) is 23.6 Å². The third-order valence-electron chi connectivity index (χ3n) is 5.13. The molecule has 0 atom stereocenters. The number of fused-ring (bicyclic) bond motifs is 1. The second-order valence-electron chi connectivity index (χ2n) is 7.21. The van der Waals surface area contributed by atoms with Gasteiger partial charge in [0.25, 0.3) is 15.9 Å². The number of nitrogens with one attached hydrogen (secondary N) is 1. The lowest BCUT2D eigenvalue weighted by Crippen LogP contribution is -2.16. The Morgan fingerprint density at radius 1 is 1.00 bits per heavy atom. The molecular weight excluding hydrogens is 454 g/mol. The van der Waals surface area contributed by atoms with E-state index in [0.717, 1.165) is 10.9 Å². The van der Waals surface area contributed by atoms with Gasteiger partial charge in [0.1, 0.15) is 0 Å². The first kappa shape index (κ1) is 20.1. The number of sulfonamides is 1. The van der Waals surface area contributed by atoms with E-state index < -0.39 is 10.0 Å². The molecule has 0 radical (unpaired) electrons. The lowest BCUT2D eigenvalue weighted by Gasteiger charge is -2.14. The molecule has 6 nitrogen and oxygen atoms in total. The van der Waals surface area contributed by atoms with Gasteiger partial charge >= 0.3 is 0 Å². The van der Waals surface area contributed by atoms with Crippen molar-refractivity contribution >= 4 is 42.8 Å². The van der Waals surface area contributed by atoms with Gasteiger partial charge in [-0.25, -0.2) is 18.4 Å². The molecule has 4 rings (SSSR count). The molecule has 1 fully saturated rings. The molecule has 0 unspecified atom stereocenters. The van der Waals surface area contributed by atoms with Crippen LogP contribution in [0.1, 0.15) is 32.1 Å². The third kappa shape index (κ3) is 4.87. The van der Waals surface area contributed by atoms with Crippen LogP contribution in [0, 0.1) is 5.92 Å². The molecule has 1 N–H and O–H groups in total. The fourth-order valence-corrected chi connectivity index (χ4v) is 4.84. The maximum absolute atomic E-state index is 12.8. The molecule has 1 saturated carbocycles. The largest absolute Gasteiger partial charge is 0.475 e. The smallest absolute Gasteiger partial charge is 0.263 e. The van der Waals surface area contributed by atoms with Crippen LogP contribution in [-0.4, -0.2) is 25.0 Å². The quantitative estimate of drug-likeness (QED) is 0.510. The van der Waals surface area contributed by atoms with E-state index in [1.807, 2.05) is 18.2 Å². The molecule has 152 valence electrons. The third-order valence-corrected chi connectivity index (χ3v) is 7.02. The standard InChI is InChI=1S/C21H22BrN3O3S/c22-16-9-11-17(12-10-16)29(26,27)25-20-21(28-14-13-15-5-1-2-6-15)24-19-8-4-3-7-18(19)23-20/h3-4,7-12,15H,1-2,5-6,13-14H2,(H,23,25). The number of halogens is 1. The number of hydrogen-bond acceptors (Lipinski definition) is 5. The molecule has 1 aliphatic rings. The highest BCUT2D eigenvalue weighted by Gasteiger charge is 2.20. The molecule has 1 heterocycles. The highest BCUT2D eigenvalue weighted by Crippen LogP contribution is 2.30. The van der Waals surface area contributed by atoms with Crippen molar-refractivity contribution < 1.29 is 13.2 Å². The Hall–Kier alpha value is -2.19. The summed E-state index contributed by atoms with van der Waals surface area (Å²) in [4.78, 5) is 9.12. The summed E-state index contributed by atoms with van der Waals surface area (Å²) >= 11 is 3.32. The maximum Gasteiger partial charge on any atom is 0.263 e. The van der Waals surface area contributed by atoms with E-state index in [4.69, 9.17) is 4.74 Å². The van der Waals surface area contributed by atoms with Crippen molar-refractivity contribution in [3.8, 4) is 5.88 Å². The van der Waals surface area contributed by atoms with Crippen molar-refractivity contribution in [3.63, 3.8) is 0 Å². The average Bonchev–Trinajstić information content (AvgIpc) is 3.22. The SMILES string of the molecule is O=S(=O)(Nc1nc2ccccc2nc1OCCC1CCCC1)c1ccc(Br)cc1. The number of para-hydroxylation sites is 2. The van der Waals surface area contributed by atoms with Gasteiger partial charge in [0, 0.05) is 4.47 Å². The van der Waals surface area contributed by atoms with E-state index in [1.165, 1.54) is 37.8 Å². The highest BCUT2D eigenvalue weighted by atomic mass is 79.9. The van der Waals surface area contributed by atoms with Crippen LogP contribution in [0.2, 0.25) is 0 Å². The Kier molecular flexibility index (Phi) is 6.01. The Bertz CT molecular complexity index is 1100. The highest BCUT2D eigenvalue weighted by molar-refractivity contribution is 9.10. The predicted octanol–water partition coefficient (Wildman–Crippen LogP) is 5.15. The molecule has 0 bridgehead atoms. The summed E-state index contributed by atoms with van der Waals surface area (Å²) in [6, 6.07) is 13.7. The van der Waals surface area contributed by atoms with E-state index in [-0.39, 0.29) is 16.6 Å². The van der Waals surface area contributed by atoms with Crippen molar-refractivity contribution in [1.82, 2.24) is 9.97 Å². The van der Waals surface area contributed by atoms with Crippen molar-refractivity contribution in [2.75, 3.05) is 11.3 Å². The second kappa shape index (κ2) is 8.67. The van der Waals surface area contributed by atoms with Crippen LogP contribution >= 0.6 is 15.9 Å². The Labute approximate surface area is 178 Å². The minimum absolute atomic E-state index is 0.109. The first-order chi connectivity index (χ1) is 14.0. The molecule has 0 aliphatic heterocycles. The number of aromatic nitrogens is 2. The van der Waals surface area contributed by atoms with Crippen LogP contribution < -0.4 is 9.46 Å². The molecule has 3 aromatic rings. The van der Waals surface area contributed by atoms with Crippen LogP contribution in [0.25, 0.3) is 11.0 Å². The molecule has 0 amide bonds. The number of benzene rings is 2. The molecular formula is C21H22BrN3O3S. The lowest BCUT2D eigenvalue weighted by atomic mass is 10.1. The summed E-state index contributed by atoms with van der Waals surface area (Å²) < 4.78 is 34.9. The maximum atomic E-state index is 12.8. The molecule has 2 aromatic carbocycles. The second-order valence-corrected chi connectivity index (χ2v) is 9.81. The molecule has 0 saturated heterocycles. The summed E-state index contributed by atoms with van der Waals surface area (Å²) in [6.07, 6.45) is 5.95. The normalized spacial score (nSPS) is 14.9. The zero-order valence-corrected chi connectivity index (χ0v) is 18.2. The molecule has 0 spiro atoms. The van der Waals surface area contributed by atoms with E-state index in [1.54, 1.807) is 18.2 Å². The van der Waals surface area contributed by atoms with Gasteiger partial charge in [-0.2, -0.15) is 0 Å². The van der Waals surface area contributed by atoms with Gasteiger partial charge < -0.3 is 4.74 Å². The molecule has 1 aliphatic carbocycles. The summed E-state index contributed by atoms with van der Waals surface area (Å²) in [5.74, 6) is 0.992. The predicted molar refractivity (Wildman–Crippen MR) is 117 cm³/mol. The van der Waals surface area contributed by atoms with Gasteiger partial charge in [-0.3, -0.25) is 4.72 Å². The summed E-state index contributed by atoms with van der Waals surface area (Å²) in [5.41, 5.74) is 1.26.